The van der Waals surface area contributed by atoms with Gasteiger partial charge in [0.15, 0.2) is 25.2 Å². The van der Waals surface area contributed by atoms with Crippen LogP contribution in [0.3, 0.4) is 0 Å². The summed E-state index contributed by atoms with van der Waals surface area (Å²) in [7, 11) is 6.48. The van der Waals surface area contributed by atoms with Crippen molar-refractivity contribution in [2.24, 2.45) is 22.7 Å². The van der Waals surface area contributed by atoms with Gasteiger partial charge in [-0.2, -0.15) is 0 Å². The first-order valence-corrected chi connectivity index (χ1v) is 25.8. The molecule has 70 heavy (non-hydrogen) atoms. The standard InChI is InChI=1S/C51H84O19/c1-24(52)32-15-18-51(57)49(32,8)47(55)45(66-29(6)53)46-48(7)16-14-31(19-30(48)13-17-50(46,51)56)67-37-21-34(59-10)42(26(3)63-37)69-39-23-36(61-12)44(28(5)65-39)70-40-22-35(60-11)43(27(4)64-40)68-38-20-33(58-9)41(54)25(2)62-38/h13,24-28,31-47,52,54-57H,14-23H2,1-12H3/t24-,25+,26-,27+,28-,31+,32-,33+,34-,35+,36+,37+,38+,39+,40+,41-,42-,43-,44-,45+,46-,47-,48+,49+,50+,51-/m1/s1. The first-order valence-electron chi connectivity index (χ1n) is 25.8. The fourth-order valence-corrected chi connectivity index (χ4v) is 14.6. The van der Waals surface area contributed by atoms with Gasteiger partial charge in [0.1, 0.15) is 41.7 Å². The molecule has 3 saturated carbocycles. The van der Waals surface area contributed by atoms with E-state index in [9.17, 15) is 30.3 Å². The summed E-state index contributed by atoms with van der Waals surface area (Å²) in [6, 6.07) is 0. The second kappa shape index (κ2) is 21.3. The Morgan fingerprint density at radius 2 is 1.13 bits per heavy atom. The summed E-state index contributed by atoms with van der Waals surface area (Å²) < 4.78 is 81.1. The highest BCUT2D eigenvalue weighted by Gasteiger charge is 2.79. The van der Waals surface area contributed by atoms with Crippen LogP contribution in [0.15, 0.2) is 11.6 Å². The second-order valence-electron chi connectivity index (χ2n) is 22.2. The molecule has 8 aliphatic rings. The van der Waals surface area contributed by atoms with Gasteiger partial charge in [-0.25, -0.2) is 0 Å². The number of fused-ring (bicyclic) bond motifs is 5. The minimum atomic E-state index is -1.74. The van der Waals surface area contributed by atoms with E-state index in [4.69, 9.17) is 61.6 Å². The van der Waals surface area contributed by atoms with Crippen molar-refractivity contribution < 1.29 is 91.9 Å². The molecule has 7 fully saturated rings. The Hall–Kier alpha value is -1.47. The van der Waals surface area contributed by atoms with Crippen molar-refractivity contribution in [2.45, 2.75) is 254 Å². The maximum Gasteiger partial charge on any atom is 0.303 e. The average molecular weight is 1000 g/mol. The fourth-order valence-electron chi connectivity index (χ4n) is 14.6. The molecule has 0 spiro atoms. The third-order valence-electron chi connectivity index (χ3n) is 18.4. The predicted molar refractivity (Wildman–Crippen MR) is 247 cm³/mol. The summed E-state index contributed by atoms with van der Waals surface area (Å²) in [6.07, 6.45) is -5.77. The molecule has 5 N–H and O–H groups in total. The smallest absolute Gasteiger partial charge is 0.303 e. The molecule has 19 heteroatoms. The zero-order chi connectivity index (χ0) is 50.8. The van der Waals surface area contributed by atoms with Crippen LogP contribution >= 0.6 is 0 Å². The zero-order valence-electron chi connectivity index (χ0n) is 43.3. The van der Waals surface area contributed by atoms with Crippen LogP contribution in [0.2, 0.25) is 0 Å². The molecule has 4 aliphatic heterocycles. The summed E-state index contributed by atoms with van der Waals surface area (Å²) in [5, 5.41) is 59.0. The summed E-state index contributed by atoms with van der Waals surface area (Å²) in [4.78, 5) is 12.7. The van der Waals surface area contributed by atoms with E-state index < -0.39 is 150 Å². The van der Waals surface area contributed by atoms with Crippen molar-refractivity contribution in [2.75, 3.05) is 28.4 Å². The van der Waals surface area contributed by atoms with Crippen LogP contribution in [0.1, 0.15) is 120 Å². The molecule has 4 aliphatic carbocycles. The van der Waals surface area contributed by atoms with Crippen molar-refractivity contribution in [3.63, 3.8) is 0 Å². The van der Waals surface area contributed by atoms with Gasteiger partial charge in [0.05, 0.1) is 67.1 Å². The highest BCUT2D eigenvalue weighted by Crippen LogP contribution is 2.70. The predicted octanol–water partition coefficient (Wildman–Crippen LogP) is 3.19. The number of hydrogen-bond donors (Lipinski definition) is 5. The van der Waals surface area contributed by atoms with Gasteiger partial charge in [-0.3, -0.25) is 4.79 Å². The number of methoxy groups -OCH3 is 4. The van der Waals surface area contributed by atoms with Crippen LogP contribution < -0.4 is 0 Å². The summed E-state index contributed by atoms with van der Waals surface area (Å²) >= 11 is 0. The number of rotatable bonds is 14. The number of hydrogen-bond acceptors (Lipinski definition) is 19. The van der Waals surface area contributed by atoms with E-state index in [0.29, 0.717) is 51.4 Å². The maximum absolute atomic E-state index is 12.9. The second-order valence-corrected chi connectivity index (χ2v) is 22.2. The van der Waals surface area contributed by atoms with Crippen molar-refractivity contribution >= 4 is 5.97 Å². The lowest BCUT2D eigenvalue weighted by atomic mass is 9.42. The summed E-state index contributed by atoms with van der Waals surface area (Å²) in [5.41, 5.74) is -4.55. The van der Waals surface area contributed by atoms with E-state index in [1.54, 1.807) is 49.2 Å². The normalized spacial score (nSPS) is 52.2. The van der Waals surface area contributed by atoms with Crippen LogP contribution in [0, 0.1) is 22.7 Å². The minimum Gasteiger partial charge on any atom is -0.459 e. The molecular weight excluding hydrogens is 917 g/mol. The van der Waals surface area contributed by atoms with Crippen molar-refractivity contribution in [3.05, 3.63) is 11.6 Å². The van der Waals surface area contributed by atoms with E-state index >= 15 is 0 Å². The number of aliphatic hydroxyl groups is 5. The third-order valence-corrected chi connectivity index (χ3v) is 18.4. The SMILES string of the molecule is CO[C@H]1C[C@H](O[C@@H]2[C@H](C)O[C@@H](O[C@H]3[C@@H](OC)C[C@H](O[C@@H]4[C@@H](C)O[C@@H](O[C@H]5CC[C@@]6(C)C(=CC[C@]7(O)[C@@H]6[C@H](OC(C)=O)[C@@H](O)[C@]6(C)[C@@H]([C@@H](C)O)CC[C@@]67O)C5)C[C@H]4OC)O[C@@H]3C)C[C@@H]2OC)O[C@@H](C)[C@H]1O. The van der Waals surface area contributed by atoms with Crippen LogP contribution in [0.4, 0.5) is 0 Å². The lowest BCUT2D eigenvalue weighted by Crippen LogP contribution is -2.80. The summed E-state index contributed by atoms with van der Waals surface area (Å²) in [5.74, 6) is -1.92. The van der Waals surface area contributed by atoms with Gasteiger partial charge in [0.25, 0.3) is 0 Å². The molecule has 0 amide bonds. The maximum atomic E-state index is 12.9. The number of esters is 1. The quantitative estimate of drug-likeness (QED) is 0.124. The Labute approximate surface area is 413 Å². The molecule has 402 valence electrons. The van der Waals surface area contributed by atoms with E-state index in [2.05, 4.69) is 0 Å². The Balaban J connectivity index is 0.868. The highest BCUT2D eigenvalue weighted by molar-refractivity contribution is 5.66. The molecule has 19 nitrogen and oxygen atoms in total. The fraction of sp³-hybridized carbons (Fsp3) is 0.941. The van der Waals surface area contributed by atoms with Gasteiger partial charge in [-0.15, -0.1) is 0 Å². The molecule has 0 bridgehead atoms. The Morgan fingerprint density at radius 1 is 0.671 bits per heavy atom. The van der Waals surface area contributed by atoms with E-state index in [0.717, 1.165) is 5.57 Å². The van der Waals surface area contributed by atoms with Crippen molar-refractivity contribution in [3.8, 4) is 0 Å². The molecule has 26 atom stereocenters. The van der Waals surface area contributed by atoms with E-state index in [-0.39, 0.29) is 25.0 Å². The third kappa shape index (κ3) is 9.60. The first-order chi connectivity index (χ1) is 33.1. The first kappa shape index (κ1) is 54.8. The average Bonchev–Trinajstić information content (AvgIpc) is 3.61. The molecule has 8 rings (SSSR count). The number of carbonyl (C=O) groups excluding carboxylic acids is 1. The molecule has 0 aromatic carbocycles. The summed E-state index contributed by atoms with van der Waals surface area (Å²) in [6.45, 7) is 14.2. The Kier molecular flexibility index (Phi) is 16.6. The monoisotopic (exact) mass is 1000 g/mol. The minimum absolute atomic E-state index is 0.0936. The molecule has 0 unspecified atom stereocenters. The van der Waals surface area contributed by atoms with Gasteiger partial charge >= 0.3 is 5.97 Å². The lowest BCUT2D eigenvalue weighted by molar-refractivity contribution is -0.347. The van der Waals surface area contributed by atoms with Crippen molar-refractivity contribution in [1.82, 2.24) is 0 Å². The number of carbonyl (C=O) groups is 1. The number of aliphatic hydroxyl groups excluding tert-OH is 3. The van der Waals surface area contributed by atoms with Gasteiger partial charge in [-0.05, 0) is 84.5 Å². The van der Waals surface area contributed by atoms with Crippen LogP contribution in [-0.4, -0.2) is 194 Å². The Morgan fingerprint density at radius 3 is 1.59 bits per heavy atom. The topological polar surface area (TPSA) is 238 Å². The van der Waals surface area contributed by atoms with Crippen LogP contribution in [0.25, 0.3) is 0 Å². The molecular formula is C51H84O19. The van der Waals surface area contributed by atoms with Gasteiger partial charge in [0, 0.05) is 72.4 Å². The van der Waals surface area contributed by atoms with Gasteiger partial charge in [-0.1, -0.05) is 25.5 Å². The molecule has 0 aromatic rings. The lowest BCUT2D eigenvalue weighted by Gasteiger charge is -2.68. The van der Waals surface area contributed by atoms with Gasteiger partial charge in [0.2, 0.25) is 0 Å². The van der Waals surface area contributed by atoms with E-state index in [1.807, 2.05) is 33.8 Å². The van der Waals surface area contributed by atoms with Crippen molar-refractivity contribution in [1.29, 1.82) is 0 Å². The highest BCUT2D eigenvalue weighted by atomic mass is 16.8. The van der Waals surface area contributed by atoms with E-state index in [1.165, 1.54) is 6.92 Å². The molecule has 4 heterocycles. The largest absolute Gasteiger partial charge is 0.459 e. The van der Waals surface area contributed by atoms with Crippen LogP contribution in [-0.2, 0) is 66.4 Å². The van der Waals surface area contributed by atoms with Gasteiger partial charge < -0.3 is 87.1 Å². The van der Waals surface area contributed by atoms with Crippen LogP contribution in [0.5, 0.6) is 0 Å². The number of ether oxygens (including phenoxy) is 13. The Bertz CT molecular complexity index is 1820. The molecule has 0 radical (unpaired) electrons. The molecule has 4 saturated heterocycles. The molecule has 0 aromatic heterocycles. The zero-order valence-corrected chi connectivity index (χ0v) is 43.3.